The van der Waals surface area contributed by atoms with Gasteiger partial charge in [0, 0.05) is 17.1 Å². The van der Waals surface area contributed by atoms with E-state index in [2.05, 4.69) is 242 Å². The van der Waals surface area contributed by atoms with Gasteiger partial charge in [-0.15, -0.1) is 0 Å². The number of hydrogen-bond acceptors (Lipinski definition) is 2. The summed E-state index contributed by atoms with van der Waals surface area (Å²) in [5.41, 5.74) is 17.8. The van der Waals surface area contributed by atoms with Gasteiger partial charge in [0.05, 0.1) is 5.41 Å². The van der Waals surface area contributed by atoms with E-state index in [1.807, 2.05) is 6.08 Å². The number of benzene rings is 9. The zero-order valence-electron chi connectivity index (χ0n) is 35.7. The first kappa shape index (κ1) is 38.9. The Bertz CT molecular complexity index is 3180. The van der Waals surface area contributed by atoms with Gasteiger partial charge in [0.1, 0.15) is 12.4 Å². The van der Waals surface area contributed by atoms with E-state index >= 15 is 0 Å². The van der Waals surface area contributed by atoms with Crippen molar-refractivity contribution in [2.24, 2.45) is 0 Å². The second-order valence-corrected chi connectivity index (χ2v) is 16.8. The average molecular weight is 822 g/mol. The summed E-state index contributed by atoms with van der Waals surface area (Å²) < 4.78 is 6.24. The van der Waals surface area contributed by atoms with E-state index in [1.54, 1.807) is 0 Å². The maximum atomic E-state index is 6.24. The molecular formula is C62H47NO. The SMILES string of the molecule is C=Cc1ccc(COc2ccc(N(c3ccc(-c4ccccc4)cc3)c3ccc(-c4ccc5c(c4)-c4cccc6cccc(c46)C5(C4=CC=CCC4)c4ccccc4)cc3)cc2)cc1. The highest BCUT2D eigenvalue weighted by molar-refractivity contribution is 6.05. The topological polar surface area (TPSA) is 12.5 Å². The second kappa shape index (κ2) is 16.7. The fourth-order valence-corrected chi connectivity index (χ4v) is 10.0. The van der Waals surface area contributed by atoms with Crippen LogP contribution in [0.5, 0.6) is 5.75 Å². The first-order valence-corrected chi connectivity index (χ1v) is 22.3. The molecule has 0 radical (unpaired) electrons. The molecule has 0 N–H and O–H groups in total. The molecule has 0 spiro atoms. The molecule has 2 heteroatoms. The molecule has 0 amide bonds. The minimum absolute atomic E-state index is 0.411. The molecule has 0 saturated carbocycles. The third-order valence-corrected chi connectivity index (χ3v) is 13.1. The normalized spacial score (nSPS) is 15.0. The lowest BCUT2D eigenvalue weighted by molar-refractivity contribution is 0.306. The van der Waals surface area contributed by atoms with Crippen LogP contribution < -0.4 is 9.64 Å². The second-order valence-electron chi connectivity index (χ2n) is 16.8. The molecule has 306 valence electrons. The highest BCUT2D eigenvalue weighted by atomic mass is 16.5. The van der Waals surface area contributed by atoms with Gasteiger partial charge in [-0.2, -0.15) is 0 Å². The lowest BCUT2D eigenvalue weighted by atomic mass is 9.58. The van der Waals surface area contributed by atoms with Crippen molar-refractivity contribution in [3.05, 3.63) is 271 Å². The van der Waals surface area contributed by atoms with Crippen molar-refractivity contribution in [3.63, 3.8) is 0 Å². The van der Waals surface area contributed by atoms with E-state index in [0.29, 0.717) is 6.61 Å². The molecule has 0 aromatic heterocycles. The summed E-state index contributed by atoms with van der Waals surface area (Å²) in [4.78, 5) is 2.32. The lowest BCUT2D eigenvalue weighted by Gasteiger charge is -2.44. The number of nitrogens with zero attached hydrogens (tertiary/aromatic N) is 1. The number of rotatable bonds is 11. The van der Waals surface area contributed by atoms with Gasteiger partial charge in [0.2, 0.25) is 0 Å². The number of anilines is 3. The van der Waals surface area contributed by atoms with Crippen molar-refractivity contribution in [2.45, 2.75) is 24.9 Å². The van der Waals surface area contributed by atoms with Crippen molar-refractivity contribution in [1.29, 1.82) is 0 Å². The zero-order chi connectivity index (χ0) is 42.9. The summed E-state index contributed by atoms with van der Waals surface area (Å²) in [6.45, 7) is 4.37. The molecule has 9 aromatic carbocycles. The predicted octanol–water partition coefficient (Wildman–Crippen LogP) is 16.5. The molecule has 0 aliphatic heterocycles. The highest BCUT2D eigenvalue weighted by Gasteiger charge is 2.45. The van der Waals surface area contributed by atoms with Crippen LogP contribution in [0.4, 0.5) is 17.1 Å². The first-order chi connectivity index (χ1) is 31.7. The van der Waals surface area contributed by atoms with Gasteiger partial charge in [0.25, 0.3) is 0 Å². The summed E-state index contributed by atoms with van der Waals surface area (Å²) >= 11 is 0. The van der Waals surface area contributed by atoms with Crippen molar-refractivity contribution in [1.82, 2.24) is 0 Å². The fourth-order valence-electron chi connectivity index (χ4n) is 10.0. The van der Waals surface area contributed by atoms with Gasteiger partial charge in [-0.1, -0.05) is 194 Å². The number of allylic oxidation sites excluding steroid dienone is 4. The minimum Gasteiger partial charge on any atom is -0.489 e. The molecule has 64 heavy (non-hydrogen) atoms. The number of fused-ring (bicyclic) bond motifs is 2. The van der Waals surface area contributed by atoms with E-state index in [4.69, 9.17) is 4.74 Å². The zero-order valence-corrected chi connectivity index (χ0v) is 35.7. The molecule has 1 unspecified atom stereocenters. The number of hydrogen-bond donors (Lipinski definition) is 0. The Morgan fingerprint density at radius 1 is 0.531 bits per heavy atom. The van der Waals surface area contributed by atoms with Crippen LogP contribution in [0, 0.1) is 0 Å². The maximum absolute atomic E-state index is 6.24. The van der Waals surface area contributed by atoms with Gasteiger partial charge in [0.15, 0.2) is 0 Å². The predicted molar refractivity (Wildman–Crippen MR) is 269 cm³/mol. The van der Waals surface area contributed by atoms with Crippen molar-refractivity contribution < 1.29 is 4.74 Å². The van der Waals surface area contributed by atoms with Gasteiger partial charge in [-0.3, -0.25) is 0 Å². The van der Waals surface area contributed by atoms with E-state index in [9.17, 15) is 0 Å². The molecule has 2 aliphatic rings. The molecule has 2 nitrogen and oxygen atoms in total. The van der Waals surface area contributed by atoms with E-state index in [0.717, 1.165) is 46.8 Å². The Hall–Kier alpha value is -7.94. The Kier molecular flexibility index (Phi) is 10.2. The van der Waals surface area contributed by atoms with Crippen LogP contribution in [0.15, 0.2) is 243 Å². The Labute approximate surface area is 376 Å². The van der Waals surface area contributed by atoms with Gasteiger partial charge in [-0.05, 0) is 139 Å². The van der Waals surface area contributed by atoms with Crippen LogP contribution in [0.3, 0.4) is 0 Å². The van der Waals surface area contributed by atoms with Crippen LogP contribution >= 0.6 is 0 Å². The fraction of sp³-hybridized carbons (Fsp3) is 0.0645. The van der Waals surface area contributed by atoms with Crippen LogP contribution in [0.2, 0.25) is 0 Å². The van der Waals surface area contributed by atoms with Crippen molar-refractivity contribution in [3.8, 4) is 39.1 Å². The summed E-state index contributed by atoms with van der Waals surface area (Å²) in [6.07, 6.45) is 10.8. The first-order valence-electron chi connectivity index (χ1n) is 22.3. The Morgan fingerprint density at radius 2 is 1.14 bits per heavy atom. The van der Waals surface area contributed by atoms with Crippen LogP contribution in [-0.2, 0) is 12.0 Å². The molecule has 0 bridgehead atoms. The minimum atomic E-state index is -0.411. The monoisotopic (exact) mass is 821 g/mol. The summed E-state index contributed by atoms with van der Waals surface area (Å²) in [6, 6.07) is 77.2. The van der Waals surface area contributed by atoms with Crippen molar-refractivity contribution in [2.75, 3.05) is 4.90 Å². The summed E-state index contributed by atoms with van der Waals surface area (Å²) in [5.74, 6) is 0.824. The van der Waals surface area contributed by atoms with Crippen molar-refractivity contribution >= 4 is 33.9 Å². The van der Waals surface area contributed by atoms with E-state index in [-0.39, 0.29) is 0 Å². The molecule has 9 aromatic rings. The molecule has 11 rings (SSSR count). The largest absolute Gasteiger partial charge is 0.489 e. The maximum Gasteiger partial charge on any atom is 0.119 e. The Balaban J connectivity index is 0.979. The highest BCUT2D eigenvalue weighted by Crippen LogP contribution is 2.57. The summed E-state index contributed by atoms with van der Waals surface area (Å²) in [7, 11) is 0. The van der Waals surface area contributed by atoms with E-state index in [1.165, 1.54) is 66.4 Å². The van der Waals surface area contributed by atoms with E-state index < -0.39 is 5.41 Å². The smallest absolute Gasteiger partial charge is 0.119 e. The van der Waals surface area contributed by atoms with Gasteiger partial charge >= 0.3 is 0 Å². The van der Waals surface area contributed by atoms with Gasteiger partial charge in [-0.25, -0.2) is 0 Å². The Morgan fingerprint density at radius 3 is 1.80 bits per heavy atom. The van der Waals surface area contributed by atoms with Gasteiger partial charge < -0.3 is 9.64 Å². The number of ether oxygens (including phenoxy) is 1. The average Bonchev–Trinajstić information content (AvgIpc) is 3.38. The molecule has 2 aliphatic carbocycles. The molecule has 0 fully saturated rings. The third-order valence-electron chi connectivity index (χ3n) is 13.1. The molecule has 0 heterocycles. The molecule has 1 atom stereocenters. The molecular weight excluding hydrogens is 775 g/mol. The summed E-state index contributed by atoms with van der Waals surface area (Å²) in [5, 5.41) is 2.62. The third kappa shape index (κ3) is 6.94. The quantitative estimate of drug-likeness (QED) is 0.129. The van der Waals surface area contributed by atoms with Crippen LogP contribution in [0.1, 0.15) is 40.7 Å². The standard InChI is InChI=1S/C62H47NO/c1-2-44-24-26-45(27-25-44)43-64-56-39-37-55(38-40-56)63(53-33-28-47(29-34-53)46-14-6-3-7-15-46)54-35-30-48(31-36-54)50-32-41-59-58(42-50)57-22-12-16-49-17-13-23-60(61(49)57)62(59,51-18-8-4-9-19-51)52-20-10-5-11-21-52/h2-10,12-20,22-42H,1,11,21,43H2. The van der Waals surface area contributed by atoms with Crippen LogP contribution in [0.25, 0.3) is 50.2 Å². The lowest BCUT2D eigenvalue weighted by Crippen LogP contribution is -2.35. The molecule has 0 saturated heterocycles. The van der Waals surface area contributed by atoms with Crippen LogP contribution in [-0.4, -0.2) is 0 Å².